The summed E-state index contributed by atoms with van der Waals surface area (Å²) < 4.78 is 14.5. The lowest BCUT2D eigenvalue weighted by molar-refractivity contribution is 0.0695. The third-order valence-electron chi connectivity index (χ3n) is 4.21. The van der Waals surface area contributed by atoms with Gasteiger partial charge in [0.2, 0.25) is 0 Å². The van der Waals surface area contributed by atoms with Crippen molar-refractivity contribution in [2.24, 2.45) is 11.8 Å². The molecule has 0 radical (unpaired) electrons. The van der Waals surface area contributed by atoms with Crippen LogP contribution in [0, 0.1) is 17.7 Å². The number of aliphatic hydroxyl groups is 1. The lowest BCUT2D eigenvalue weighted by atomic mass is 9.77. The lowest BCUT2D eigenvalue weighted by Gasteiger charge is -2.31. The molecule has 2 rings (SSSR count). The summed E-state index contributed by atoms with van der Waals surface area (Å²) in [4.78, 5) is 0. The third kappa shape index (κ3) is 2.94. The van der Waals surface area contributed by atoms with Crippen molar-refractivity contribution in [2.45, 2.75) is 45.1 Å². The van der Waals surface area contributed by atoms with E-state index in [9.17, 15) is 9.50 Å². The fourth-order valence-corrected chi connectivity index (χ4v) is 3.52. The monoisotopic (exact) mass is 314 g/mol. The molecule has 0 spiro atoms. The summed E-state index contributed by atoms with van der Waals surface area (Å²) in [5.74, 6) is 0.674. The Kier molecular flexibility index (Phi) is 4.79. The summed E-state index contributed by atoms with van der Waals surface area (Å²) in [5.41, 5.74) is 0.428. The van der Waals surface area contributed by atoms with Crippen LogP contribution in [0.25, 0.3) is 0 Å². The molecule has 1 N–H and O–H groups in total. The van der Waals surface area contributed by atoms with Gasteiger partial charge in [-0.2, -0.15) is 0 Å². The number of aliphatic hydroxyl groups excluding tert-OH is 1. The fourth-order valence-electron chi connectivity index (χ4n) is 2.94. The molecule has 1 aliphatic rings. The van der Waals surface area contributed by atoms with E-state index in [0.29, 0.717) is 10.0 Å². The van der Waals surface area contributed by atoms with Crippen molar-refractivity contribution in [2.75, 3.05) is 0 Å². The largest absolute Gasteiger partial charge is 0.388 e. The first-order valence-corrected chi connectivity index (χ1v) is 7.54. The van der Waals surface area contributed by atoms with Crippen molar-refractivity contribution in [3.8, 4) is 0 Å². The van der Waals surface area contributed by atoms with Crippen LogP contribution in [-0.2, 0) is 0 Å². The van der Waals surface area contributed by atoms with E-state index in [1.54, 1.807) is 12.1 Å². The molecular formula is C15H20BrFO. The number of hydrogen-bond acceptors (Lipinski definition) is 1. The van der Waals surface area contributed by atoms with Crippen molar-refractivity contribution in [3.05, 3.63) is 34.1 Å². The zero-order valence-electron chi connectivity index (χ0n) is 10.7. The number of halogens is 2. The van der Waals surface area contributed by atoms with Gasteiger partial charge in [-0.15, -0.1) is 0 Å². The molecule has 0 bridgehead atoms. The van der Waals surface area contributed by atoms with Crippen LogP contribution in [0.15, 0.2) is 22.7 Å². The second-order valence-corrected chi connectivity index (χ2v) is 6.12. The SMILES string of the molecule is CCC1CCC(C(O)c2c(F)cccc2Br)CC1. The molecule has 0 amide bonds. The molecule has 100 valence electrons. The van der Waals surface area contributed by atoms with Gasteiger partial charge in [0.25, 0.3) is 0 Å². The predicted octanol–water partition coefficient (Wildman–Crippen LogP) is 4.84. The fraction of sp³-hybridized carbons (Fsp3) is 0.600. The molecule has 1 nitrogen and oxygen atoms in total. The Labute approximate surface area is 117 Å². The molecule has 18 heavy (non-hydrogen) atoms. The standard InChI is InChI=1S/C15H20BrFO/c1-2-10-6-8-11(9-7-10)15(18)14-12(16)4-3-5-13(14)17/h3-5,10-11,15,18H,2,6-9H2,1H3. The number of benzene rings is 1. The van der Waals surface area contributed by atoms with Crippen molar-refractivity contribution in [1.82, 2.24) is 0 Å². The minimum Gasteiger partial charge on any atom is -0.388 e. The summed E-state index contributed by atoms with van der Waals surface area (Å²) >= 11 is 3.34. The maximum atomic E-state index is 13.8. The van der Waals surface area contributed by atoms with Crippen LogP contribution >= 0.6 is 15.9 Å². The van der Waals surface area contributed by atoms with Crippen molar-refractivity contribution < 1.29 is 9.50 Å². The highest BCUT2D eigenvalue weighted by molar-refractivity contribution is 9.10. The summed E-state index contributed by atoms with van der Waals surface area (Å²) in [7, 11) is 0. The maximum absolute atomic E-state index is 13.8. The molecule has 1 atom stereocenters. The van der Waals surface area contributed by atoms with Crippen LogP contribution in [0.4, 0.5) is 4.39 Å². The van der Waals surface area contributed by atoms with Crippen LogP contribution in [-0.4, -0.2) is 5.11 Å². The first-order valence-electron chi connectivity index (χ1n) is 6.75. The van der Waals surface area contributed by atoms with Gasteiger partial charge in [-0.1, -0.05) is 48.2 Å². The van der Waals surface area contributed by atoms with Crippen LogP contribution in [0.2, 0.25) is 0 Å². The minimum absolute atomic E-state index is 0.195. The highest BCUT2D eigenvalue weighted by Crippen LogP contribution is 2.40. The topological polar surface area (TPSA) is 20.2 Å². The normalized spacial score (nSPS) is 26.0. The van der Waals surface area contributed by atoms with Crippen LogP contribution in [0.3, 0.4) is 0 Å². The third-order valence-corrected chi connectivity index (χ3v) is 4.90. The van der Waals surface area contributed by atoms with E-state index in [-0.39, 0.29) is 11.7 Å². The molecule has 0 aromatic heterocycles. The smallest absolute Gasteiger partial charge is 0.130 e. The zero-order valence-corrected chi connectivity index (χ0v) is 12.3. The van der Waals surface area contributed by atoms with Gasteiger partial charge in [0.15, 0.2) is 0 Å². The van der Waals surface area contributed by atoms with E-state index in [1.165, 1.54) is 12.5 Å². The van der Waals surface area contributed by atoms with Crippen molar-refractivity contribution >= 4 is 15.9 Å². The first-order chi connectivity index (χ1) is 8.63. The quantitative estimate of drug-likeness (QED) is 0.846. The Hall–Kier alpha value is -0.410. The summed E-state index contributed by atoms with van der Waals surface area (Å²) in [5, 5.41) is 10.4. The van der Waals surface area contributed by atoms with E-state index in [1.807, 2.05) is 0 Å². The molecule has 0 saturated heterocycles. The highest BCUT2D eigenvalue weighted by Gasteiger charge is 2.29. The number of hydrogen-bond donors (Lipinski definition) is 1. The molecule has 3 heteroatoms. The van der Waals surface area contributed by atoms with Gasteiger partial charge < -0.3 is 5.11 Å². The van der Waals surface area contributed by atoms with E-state index in [2.05, 4.69) is 22.9 Å². The average molecular weight is 315 g/mol. The van der Waals surface area contributed by atoms with Crippen LogP contribution in [0.5, 0.6) is 0 Å². The molecule has 0 heterocycles. The second-order valence-electron chi connectivity index (χ2n) is 5.27. The molecule has 1 aromatic carbocycles. The summed E-state index contributed by atoms with van der Waals surface area (Å²) in [6, 6.07) is 4.86. The summed E-state index contributed by atoms with van der Waals surface area (Å²) in [6.07, 6.45) is 4.85. The molecule has 0 aliphatic heterocycles. The molecule has 1 unspecified atom stereocenters. The van der Waals surface area contributed by atoms with E-state index in [4.69, 9.17) is 0 Å². The van der Waals surface area contributed by atoms with E-state index >= 15 is 0 Å². The van der Waals surface area contributed by atoms with Crippen LogP contribution in [0.1, 0.15) is 50.7 Å². The Morgan fingerprint density at radius 3 is 2.56 bits per heavy atom. The lowest BCUT2D eigenvalue weighted by Crippen LogP contribution is -2.21. The second kappa shape index (κ2) is 6.16. The van der Waals surface area contributed by atoms with Gasteiger partial charge in [0.05, 0.1) is 6.10 Å². The number of rotatable bonds is 3. The minimum atomic E-state index is -0.682. The van der Waals surface area contributed by atoms with Crippen LogP contribution < -0.4 is 0 Å². The van der Waals surface area contributed by atoms with Crippen molar-refractivity contribution in [1.29, 1.82) is 0 Å². The molecule has 1 fully saturated rings. The molecule has 1 aromatic rings. The molecule has 1 saturated carbocycles. The molecule has 1 aliphatic carbocycles. The highest BCUT2D eigenvalue weighted by atomic mass is 79.9. The maximum Gasteiger partial charge on any atom is 0.130 e. The van der Waals surface area contributed by atoms with Gasteiger partial charge >= 0.3 is 0 Å². The Bertz CT molecular complexity index is 379. The van der Waals surface area contributed by atoms with E-state index < -0.39 is 6.10 Å². The van der Waals surface area contributed by atoms with Gasteiger partial charge in [-0.3, -0.25) is 0 Å². The first kappa shape index (κ1) is 14.0. The van der Waals surface area contributed by atoms with Gasteiger partial charge in [0.1, 0.15) is 5.82 Å². The van der Waals surface area contributed by atoms with Gasteiger partial charge in [0, 0.05) is 10.0 Å². The van der Waals surface area contributed by atoms with Gasteiger partial charge in [-0.25, -0.2) is 4.39 Å². The van der Waals surface area contributed by atoms with E-state index in [0.717, 1.165) is 31.6 Å². The zero-order chi connectivity index (χ0) is 13.1. The van der Waals surface area contributed by atoms with Gasteiger partial charge in [-0.05, 0) is 36.8 Å². The Morgan fingerprint density at radius 1 is 1.33 bits per heavy atom. The Morgan fingerprint density at radius 2 is 2.00 bits per heavy atom. The molecular weight excluding hydrogens is 295 g/mol. The summed E-state index contributed by atoms with van der Waals surface area (Å²) in [6.45, 7) is 2.22. The Balaban J connectivity index is 2.10. The average Bonchev–Trinajstić information content (AvgIpc) is 2.38. The van der Waals surface area contributed by atoms with Crippen molar-refractivity contribution in [3.63, 3.8) is 0 Å². The predicted molar refractivity (Wildman–Crippen MR) is 74.8 cm³/mol.